The third-order valence-electron chi connectivity index (χ3n) is 2.44. The van der Waals surface area contributed by atoms with Crippen LogP contribution in [-0.4, -0.2) is 21.0 Å². The predicted octanol–water partition coefficient (Wildman–Crippen LogP) is 3.46. The minimum Gasteiger partial charge on any atom is -0.477 e. The molecule has 5 nitrogen and oxygen atoms in total. The van der Waals surface area contributed by atoms with E-state index in [1.165, 1.54) is 6.07 Å². The van der Waals surface area contributed by atoms with E-state index in [0.29, 0.717) is 5.75 Å². The number of ether oxygens (including phenoxy) is 1. The first-order valence-electron chi connectivity index (χ1n) is 5.81. The number of aryl methyl sites for hydroxylation is 1. The molecule has 0 saturated carbocycles. The molecular formula is C13H14N2O3S. The highest BCUT2D eigenvalue weighted by atomic mass is 32.1. The lowest BCUT2D eigenvalue weighted by Crippen LogP contribution is -1.99. The monoisotopic (exact) mass is 278 g/mol. The fraction of sp³-hybridized carbons (Fsp3) is 0.308. The van der Waals surface area contributed by atoms with Crippen LogP contribution in [0.25, 0.3) is 0 Å². The average molecular weight is 278 g/mol. The number of carboxylic acids is 1. The second-order valence-electron chi connectivity index (χ2n) is 4.43. The molecule has 2 rings (SSSR count). The van der Waals surface area contributed by atoms with E-state index in [4.69, 9.17) is 9.84 Å². The Hall–Kier alpha value is -1.95. The van der Waals surface area contributed by atoms with Gasteiger partial charge in [-0.1, -0.05) is 13.8 Å². The molecule has 0 amide bonds. The normalized spacial score (nSPS) is 10.7. The van der Waals surface area contributed by atoms with Crippen LogP contribution < -0.4 is 4.74 Å². The first kappa shape index (κ1) is 13.5. The fourth-order valence-electron chi connectivity index (χ4n) is 1.50. The van der Waals surface area contributed by atoms with E-state index in [2.05, 4.69) is 9.97 Å². The number of hydrogen-bond acceptors (Lipinski definition) is 5. The highest BCUT2D eigenvalue weighted by molar-refractivity contribution is 7.12. The Kier molecular flexibility index (Phi) is 3.80. The lowest BCUT2D eigenvalue weighted by Gasteiger charge is -2.08. The van der Waals surface area contributed by atoms with E-state index in [9.17, 15) is 4.79 Å². The topological polar surface area (TPSA) is 72.3 Å². The van der Waals surface area contributed by atoms with E-state index >= 15 is 0 Å². The summed E-state index contributed by atoms with van der Waals surface area (Å²) in [5, 5.41) is 10.5. The van der Waals surface area contributed by atoms with Crippen LogP contribution in [0.1, 0.15) is 40.8 Å². The highest BCUT2D eigenvalue weighted by Crippen LogP contribution is 2.26. The zero-order valence-corrected chi connectivity index (χ0v) is 11.7. The van der Waals surface area contributed by atoms with Crippen LogP contribution in [0.2, 0.25) is 0 Å². The number of rotatable bonds is 4. The van der Waals surface area contributed by atoms with Gasteiger partial charge in [0, 0.05) is 17.1 Å². The number of nitrogens with zero attached hydrogens (tertiary/aromatic N) is 2. The molecule has 2 aromatic heterocycles. The van der Waals surface area contributed by atoms with Gasteiger partial charge in [0.05, 0.1) is 5.69 Å². The molecule has 2 aromatic rings. The molecule has 0 aliphatic carbocycles. The maximum atomic E-state index is 10.8. The lowest BCUT2D eigenvalue weighted by atomic mass is 10.1. The van der Waals surface area contributed by atoms with E-state index in [1.54, 1.807) is 5.38 Å². The minimum atomic E-state index is -0.965. The van der Waals surface area contributed by atoms with E-state index in [0.717, 1.165) is 22.7 Å². The van der Waals surface area contributed by atoms with Gasteiger partial charge in [0.1, 0.15) is 10.6 Å². The molecule has 0 unspecified atom stereocenters. The van der Waals surface area contributed by atoms with Gasteiger partial charge in [-0.3, -0.25) is 0 Å². The molecule has 0 aliphatic rings. The smallest absolute Gasteiger partial charge is 0.346 e. The van der Waals surface area contributed by atoms with Crippen LogP contribution in [0, 0.1) is 6.92 Å². The third kappa shape index (κ3) is 3.29. The van der Waals surface area contributed by atoms with Crippen LogP contribution in [-0.2, 0) is 0 Å². The molecule has 6 heteroatoms. The number of thiophene rings is 1. The third-order valence-corrected chi connectivity index (χ3v) is 3.34. The number of carbonyl (C=O) groups is 1. The van der Waals surface area contributed by atoms with Crippen LogP contribution in [0.3, 0.4) is 0 Å². The van der Waals surface area contributed by atoms with Crippen molar-refractivity contribution in [2.75, 3.05) is 0 Å². The lowest BCUT2D eigenvalue weighted by molar-refractivity contribution is 0.0702. The van der Waals surface area contributed by atoms with Crippen molar-refractivity contribution in [3.05, 3.63) is 33.8 Å². The average Bonchev–Trinajstić information content (AvgIpc) is 2.76. The summed E-state index contributed by atoms with van der Waals surface area (Å²) in [5.74, 6) is -0.239. The molecule has 0 atom stereocenters. The number of aromatic nitrogens is 2. The van der Waals surface area contributed by atoms with Gasteiger partial charge < -0.3 is 9.84 Å². The first-order valence-corrected chi connectivity index (χ1v) is 6.69. The van der Waals surface area contributed by atoms with Gasteiger partial charge in [-0.25, -0.2) is 9.78 Å². The van der Waals surface area contributed by atoms with E-state index in [1.807, 2.05) is 26.8 Å². The molecule has 0 fully saturated rings. The summed E-state index contributed by atoms with van der Waals surface area (Å²) >= 11 is 1.11. The Balaban J connectivity index is 2.24. The number of aromatic carboxylic acids is 1. The molecule has 0 saturated heterocycles. The van der Waals surface area contributed by atoms with Gasteiger partial charge in [0.25, 0.3) is 0 Å². The standard InChI is InChI=1S/C13H14N2O3S/c1-7(2)10-4-8(3)14-13(15-10)18-9-5-11(12(16)17)19-6-9/h4-7H,1-3H3,(H,16,17). The zero-order chi connectivity index (χ0) is 14.0. The Morgan fingerprint density at radius 2 is 2.11 bits per heavy atom. The van der Waals surface area contributed by atoms with Crippen LogP contribution in [0.5, 0.6) is 11.8 Å². The van der Waals surface area contributed by atoms with Gasteiger partial charge in [-0.05, 0) is 18.9 Å². The largest absolute Gasteiger partial charge is 0.477 e. The van der Waals surface area contributed by atoms with Gasteiger partial charge in [0.2, 0.25) is 0 Å². The van der Waals surface area contributed by atoms with Crippen LogP contribution >= 0.6 is 11.3 Å². The molecule has 0 aliphatic heterocycles. The van der Waals surface area contributed by atoms with Crippen molar-refractivity contribution >= 4 is 17.3 Å². The van der Waals surface area contributed by atoms with Crippen molar-refractivity contribution in [3.63, 3.8) is 0 Å². The molecule has 0 radical (unpaired) electrons. The van der Waals surface area contributed by atoms with E-state index < -0.39 is 5.97 Å². The molecule has 0 spiro atoms. The van der Waals surface area contributed by atoms with Crippen molar-refractivity contribution in [1.82, 2.24) is 9.97 Å². The van der Waals surface area contributed by atoms with Crippen molar-refractivity contribution < 1.29 is 14.6 Å². The summed E-state index contributed by atoms with van der Waals surface area (Å²) in [6.07, 6.45) is 0. The molecule has 1 N–H and O–H groups in total. The second-order valence-corrected chi connectivity index (χ2v) is 5.34. The van der Waals surface area contributed by atoms with Gasteiger partial charge in [-0.2, -0.15) is 4.98 Å². The molecule has 2 heterocycles. The summed E-state index contributed by atoms with van der Waals surface area (Å²) in [7, 11) is 0. The molecular weight excluding hydrogens is 264 g/mol. The van der Waals surface area contributed by atoms with Gasteiger partial charge >= 0.3 is 12.0 Å². The maximum absolute atomic E-state index is 10.8. The van der Waals surface area contributed by atoms with Crippen molar-refractivity contribution in [2.24, 2.45) is 0 Å². The highest BCUT2D eigenvalue weighted by Gasteiger charge is 2.11. The summed E-state index contributed by atoms with van der Waals surface area (Å²) in [6, 6.07) is 3.63. The van der Waals surface area contributed by atoms with Crippen molar-refractivity contribution in [2.45, 2.75) is 26.7 Å². The van der Waals surface area contributed by atoms with Crippen molar-refractivity contribution in [1.29, 1.82) is 0 Å². The Morgan fingerprint density at radius 1 is 1.37 bits per heavy atom. The van der Waals surface area contributed by atoms with Gasteiger partial charge in [-0.15, -0.1) is 11.3 Å². The maximum Gasteiger partial charge on any atom is 0.346 e. The quantitative estimate of drug-likeness (QED) is 0.927. The Bertz CT molecular complexity index is 608. The summed E-state index contributed by atoms with van der Waals surface area (Å²) in [5.41, 5.74) is 1.72. The number of hydrogen-bond donors (Lipinski definition) is 1. The predicted molar refractivity (Wildman–Crippen MR) is 72.2 cm³/mol. The van der Waals surface area contributed by atoms with Crippen molar-refractivity contribution in [3.8, 4) is 11.8 Å². The fourth-order valence-corrected chi connectivity index (χ4v) is 2.14. The summed E-state index contributed by atoms with van der Waals surface area (Å²) < 4.78 is 5.51. The number of carboxylic acid groups (broad SMARTS) is 1. The summed E-state index contributed by atoms with van der Waals surface area (Å²) in [6.45, 7) is 5.95. The second kappa shape index (κ2) is 5.36. The summed E-state index contributed by atoms with van der Waals surface area (Å²) in [4.78, 5) is 19.5. The molecule has 100 valence electrons. The SMILES string of the molecule is Cc1cc(C(C)C)nc(Oc2csc(C(=O)O)c2)n1. The Morgan fingerprint density at radius 3 is 2.68 bits per heavy atom. The molecule has 19 heavy (non-hydrogen) atoms. The minimum absolute atomic E-state index is 0.228. The van der Waals surface area contributed by atoms with Crippen LogP contribution in [0.15, 0.2) is 17.5 Å². The van der Waals surface area contributed by atoms with E-state index in [-0.39, 0.29) is 16.8 Å². The van der Waals surface area contributed by atoms with Gasteiger partial charge in [0.15, 0.2) is 0 Å². The molecule has 0 aromatic carbocycles. The Labute approximate surface area is 114 Å². The first-order chi connectivity index (χ1) is 8.95. The molecule has 0 bridgehead atoms. The van der Waals surface area contributed by atoms with Crippen LogP contribution in [0.4, 0.5) is 0 Å². The zero-order valence-electron chi connectivity index (χ0n) is 10.9.